The van der Waals surface area contributed by atoms with Crippen molar-refractivity contribution in [1.29, 1.82) is 0 Å². The molecule has 0 aliphatic heterocycles. The van der Waals surface area contributed by atoms with Crippen molar-refractivity contribution in [3.8, 4) is 0 Å². The largest absolute Gasteiger partial charge is 0.329 e. The van der Waals surface area contributed by atoms with E-state index in [0.717, 1.165) is 13.1 Å². The molecule has 3 heteroatoms. The third-order valence-electron chi connectivity index (χ3n) is 3.20. The SMILES string of the molecule is Cc1ccccc1Cn1cncc1CNC(C)(C)C. The Morgan fingerprint density at radius 2 is 1.95 bits per heavy atom. The number of imidazole rings is 1. The summed E-state index contributed by atoms with van der Waals surface area (Å²) < 4.78 is 2.21. The fraction of sp³-hybridized carbons (Fsp3) is 0.438. The van der Waals surface area contributed by atoms with Crippen LogP contribution in [-0.2, 0) is 13.1 Å². The Hall–Kier alpha value is -1.61. The Bertz CT molecular complexity index is 535. The summed E-state index contributed by atoms with van der Waals surface area (Å²) in [6.45, 7) is 10.4. The van der Waals surface area contributed by atoms with E-state index in [0.29, 0.717) is 0 Å². The van der Waals surface area contributed by atoms with Gasteiger partial charge in [0.1, 0.15) is 0 Å². The highest BCUT2D eigenvalue weighted by atomic mass is 15.1. The molecule has 0 fully saturated rings. The Morgan fingerprint density at radius 3 is 2.63 bits per heavy atom. The van der Waals surface area contributed by atoms with Crippen molar-refractivity contribution in [3.63, 3.8) is 0 Å². The zero-order valence-corrected chi connectivity index (χ0v) is 12.3. The van der Waals surface area contributed by atoms with Gasteiger partial charge >= 0.3 is 0 Å². The van der Waals surface area contributed by atoms with Crippen LogP contribution in [0.5, 0.6) is 0 Å². The van der Waals surface area contributed by atoms with Gasteiger partial charge in [-0.3, -0.25) is 0 Å². The van der Waals surface area contributed by atoms with Crippen molar-refractivity contribution in [2.45, 2.75) is 46.3 Å². The van der Waals surface area contributed by atoms with Crippen LogP contribution in [0.25, 0.3) is 0 Å². The molecule has 2 aromatic rings. The number of hydrogen-bond donors (Lipinski definition) is 1. The van der Waals surface area contributed by atoms with Gasteiger partial charge in [-0.1, -0.05) is 24.3 Å². The van der Waals surface area contributed by atoms with E-state index in [1.165, 1.54) is 16.8 Å². The lowest BCUT2D eigenvalue weighted by atomic mass is 10.1. The normalized spacial score (nSPS) is 11.8. The van der Waals surface area contributed by atoms with Gasteiger partial charge < -0.3 is 9.88 Å². The number of rotatable bonds is 4. The first-order valence-electron chi connectivity index (χ1n) is 6.74. The number of aromatic nitrogens is 2. The van der Waals surface area contributed by atoms with E-state index in [2.05, 4.69) is 66.8 Å². The predicted molar refractivity (Wildman–Crippen MR) is 79.1 cm³/mol. The van der Waals surface area contributed by atoms with E-state index < -0.39 is 0 Å². The maximum absolute atomic E-state index is 4.27. The minimum absolute atomic E-state index is 0.123. The minimum Gasteiger partial charge on any atom is -0.329 e. The van der Waals surface area contributed by atoms with Crippen molar-refractivity contribution < 1.29 is 0 Å². The summed E-state index contributed by atoms with van der Waals surface area (Å²) in [5.41, 5.74) is 4.01. The standard InChI is InChI=1S/C16H23N3/c1-13-7-5-6-8-14(13)11-19-12-17-9-15(19)10-18-16(2,3)4/h5-9,12,18H,10-11H2,1-4H3. The van der Waals surface area contributed by atoms with Crippen molar-refractivity contribution in [1.82, 2.24) is 14.9 Å². The minimum atomic E-state index is 0.123. The second kappa shape index (κ2) is 5.57. The number of nitrogens with zero attached hydrogens (tertiary/aromatic N) is 2. The number of aryl methyl sites for hydroxylation is 1. The first-order chi connectivity index (χ1) is 8.96. The van der Waals surface area contributed by atoms with E-state index in [1.807, 2.05) is 12.5 Å². The lowest BCUT2D eigenvalue weighted by Gasteiger charge is -2.21. The average molecular weight is 257 g/mol. The molecule has 0 aliphatic rings. The van der Waals surface area contributed by atoms with Crippen LogP contribution in [0.4, 0.5) is 0 Å². The highest BCUT2D eigenvalue weighted by Crippen LogP contribution is 2.11. The van der Waals surface area contributed by atoms with Crippen molar-refractivity contribution >= 4 is 0 Å². The van der Waals surface area contributed by atoms with E-state index in [1.54, 1.807) is 0 Å². The molecule has 0 amide bonds. The molecule has 102 valence electrons. The topological polar surface area (TPSA) is 29.9 Å². The highest BCUT2D eigenvalue weighted by Gasteiger charge is 2.11. The third-order valence-corrected chi connectivity index (χ3v) is 3.20. The van der Waals surface area contributed by atoms with E-state index in [9.17, 15) is 0 Å². The number of hydrogen-bond acceptors (Lipinski definition) is 2. The fourth-order valence-electron chi connectivity index (χ4n) is 1.96. The average Bonchev–Trinajstić information content (AvgIpc) is 2.76. The molecule has 0 bridgehead atoms. The number of benzene rings is 1. The van der Waals surface area contributed by atoms with Crippen LogP contribution >= 0.6 is 0 Å². The molecule has 0 unspecified atom stereocenters. The van der Waals surface area contributed by atoms with Crippen LogP contribution in [0.2, 0.25) is 0 Å². The lowest BCUT2D eigenvalue weighted by molar-refractivity contribution is 0.417. The first kappa shape index (κ1) is 13.8. The maximum Gasteiger partial charge on any atom is 0.0951 e. The molecule has 19 heavy (non-hydrogen) atoms. The van der Waals surface area contributed by atoms with Gasteiger partial charge in [0.2, 0.25) is 0 Å². The summed E-state index contributed by atoms with van der Waals surface area (Å²) in [4.78, 5) is 4.27. The molecular weight excluding hydrogens is 234 g/mol. The van der Waals surface area contributed by atoms with Crippen LogP contribution < -0.4 is 5.32 Å². The van der Waals surface area contributed by atoms with E-state index >= 15 is 0 Å². The zero-order valence-electron chi connectivity index (χ0n) is 12.3. The van der Waals surface area contributed by atoms with E-state index in [4.69, 9.17) is 0 Å². The van der Waals surface area contributed by atoms with Crippen LogP contribution in [0.1, 0.15) is 37.6 Å². The monoisotopic (exact) mass is 257 g/mol. The summed E-state index contributed by atoms with van der Waals surface area (Å²) in [6, 6.07) is 8.50. The molecule has 0 spiro atoms. The Balaban J connectivity index is 2.10. The van der Waals surface area contributed by atoms with Gasteiger partial charge in [0, 0.05) is 24.8 Å². The number of nitrogens with one attached hydrogen (secondary N) is 1. The van der Waals surface area contributed by atoms with Gasteiger partial charge in [-0.2, -0.15) is 0 Å². The Kier molecular flexibility index (Phi) is 4.05. The van der Waals surface area contributed by atoms with Crippen molar-refractivity contribution in [3.05, 3.63) is 53.6 Å². The molecule has 1 aromatic heterocycles. The fourth-order valence-corrected chi connectivity index (χ4v) is 1.96. The second-order valence-corrected chi connectivity index (χ2v) is 6.04. The quantitative estimate of drug-likeness (QED) is 0.912. The van der Waals surface area contributed by atoms with Crippen LogP contribution in [0, 0.1) is 6.92 Å². The van der Waals surface area contributed by atoms with Crippen molar-refractivity contribution in [2.75, 3.05) is 0 Å². The maximum atomic E-state index is 4.27. The molecule has 0 saturated carbocycles. The lowest BCUT2D eigenvalue weighted by Crippen LogP contribution is -2.35. The highest BCUT2D eigenvalue weighted by molar-refractivity contribution is 5.26. The summed E-state index contributed by atoms with van der Waals surface area (Å²) in [5.74, 6) is 0. The van der Waals surface area contributed by atoms with Crippen LogP contribution in [-0.4, -0.2) is 15.1 Å². The molecule has 0 aliphatic carbocycles. The van der Waals surface area contributed by atoms with E-state index in [-0.39, 0.29) is 5.54 Å². The summed E-state index contributed by atoms with van der Waals surface area (Å²) >= 11 is 0. The molecule has 1 N–H and O–H groups in total. The molecule has 1 heterocycles. The predicted octanol–water partition coefficient (Wildman–Crippen LogP) is 3.13. The smallest absolute Gasteiger partial charge is 0.0951 e. The van der Waals surface area contributed by atoms with Gasteiger partial charge in [-0.15, -0.1) is 0 Å². The molecule has 2 rings (SSSR count). The Labute approximate surface area is 115 Å². The second-order valence-electron chi connectivity index (χ2n) is 6.04. The van der Waals surface area contributed by atoms with Gasteiger partial charge in [0.25, 0.3) is 0 Å². The molecule has 0 radical (unpaired) electrons. The van der Waals surface area contributed by atoms with Crippen LogP contribution in [0.3, 0.4) is 0 Å². The van der Waals surface area contributed by atoms with Gasteiger partial charge in [0.05, 0.1) is 12.0 Å². The van der Waals surface area contributed by atoms with Gasteiger partial charge in [-0.05, 0) is 38.8 Å². The van der Waals surface area contributed by atoms with Gasteiger partial charge in [-0.25, -0.2) is 4.98 Å². The summed E-state index contributed by atoms with van der Waals surface area (Å²) in [7, 11) is 0. The van der Waals surface area contributed by atoms with Gasteiger partial charge in [0.15, 0.2) is 0 Å². The summed E-state index contributed by atoms with van der Waals surface area (Å²) in [5, 5.41) is 3.50. The third kappa shape index (κ3) is 3.93. The summed E-state index contributed by atoms with van der Waals surface area (Å²) in [6.07, 6.45) is 3.85. The molecule has 1 aromatic carbocycles. The van der Waals surface area contributed by atoms with Crippen molar-refractivity contribution in [2.24, 2.45) is 0 Å². The van der Waals surface area contributed by atoms with Crippen LogP contribution in [0.15, 0.2) is 36.8 Å². The molecule has 3 nitrogen and oxygen atoms in total. The zero-order chi connectivity index (χ0) is 13.9. The molecular formula is C16H23N3. The first-order valence-corrected chi connectivity index (χ1v) is 6.74. The molecule has 0 saturated heterocycles. The molecule has 0 atom stereocenters. The Morgan fingerprint density at radius 1 is 1.21 bits per heavy atom.